The number of nitrogens with zero attached hydrogens (tertiary/aromatic N) is 3. The molecule has 0 aliphatic heterocycles. The molecular weight excluding hydrogens is 515 g/mol. The molecule has 0 spiro atoms. The molecule has 13 heteroatoms. The normalized spacial score (nSPS) is 11.8. The first-order chi connectivity index (χ1) is 15.0. The van der Waals surface area contributed by atoms with Gasteiger partial charge in [-0.1, -0.05) is 0 Å². The molecule has 166 valence electrons. The van der Waals surface area contributed by atoms with E-state index in [2.05, 4.69) is 31.3 Å². The lowest BCUT2D eigenvalue weighted by Gasteiger charge is -2.10. The number of carbonyl (C=O) groups is 2. The summed E-state index contributed by atoms with van der Waals surface area (Å²) in [7, 11) is 1.64. The van der Waals surface area contributed by atoms with Crippen LogP contribution in [0.3, 0.4) is 0 Å². The van der Waals surface area contributed by atoms with Gasteiger partial charge in [-0.05, 0) is 41.1 Å². The zero-order chi connectivity index (χ0) is 23.4. The minimum atomic E-state index is -4.74. The molecule has 0 saturated heterocycles. The minimum absolute atomic E-state index is 0.00245. The van der Waals surface area contributed by atoms with Crippen LogP contribution < -0.4 is 11.1 Å². The third-order valence-corrected chi connectivity index (χ3v) is 6.73. The fourth-order valence-corrected chi connectivity index (χ4v) is 4.59. The molecule has 4 aromatic heterocycles. The van der Waals surface area contributed by atoms with Gasteiger partial charge in [0, 0.05) is 18.0 Å². The van der Waals surface area contributed by atoms with Gasteiger partial charge in [0.15, 0.2) is 5.69 Å². The highest BCUT2D eigenvalue weighted by atomic mass is 79.9. The zero-order valence-electron chi connectivity index (χ0n) is 16.4. The molecule has 0 radical (unpaired) electrons. The van der Waals surface area contributed by atoms with Crippen molar-refractivity contribution in [2.24, 2.45) is 12.8 Å². The van der Waals surface area contributed by atoms with Gasteiger partial charge in [0.2, 0.25) is 0 Å². The highest BCUT2D eigenvalue weighted by molar-refractivity contribution is 9.10. The Morgan fingerprint density at radius 3 is 2.59 bits per heavy atom. The number of primary amides is 1. The summed E-state index contributed by atoms with van der Waals surface area (Å²) in [4.78, 5) is 28.4. The Hall–Kier alpha value is -3.19. The molecule has 0 aliphatic rings. The standard InChI is InChI=1S/C19H13BrF3N5O3S/c1-7-12(20)14(27-28(7)2)17(30)26-13-11-8(9-4-3-5-31-9)6-10(19(21,22)23)25-18(11)32-15(13)16(24)29/h3-6H,1-2H3,(H2,24,29)(H,26,30). The van der Waals surface area contributed by atoms with Crippen molar-refractivity contribution in [2.75, 3.05) is 5.32 Å². The quantitative estimate of drug-likeness (QED) is 0.398. The first-order valence-corrected chi connectivity index (χ1v) is 10.5. The number of fused-ring (bicyclic) bond motifs is 1. The molecule has 0 bridgehead atoms. The van der Waals surface area contributed by atoms with Gasteiger partial charge in [-0.3, -0.25) is 14.3 Å². The molecule has 0 fully saturated rings. The molecule has 0 aliphatic carbocycles. The van der Waals surface area contributed by atoms with Gasteiger partial charge in [-0.2, -0.15) is 18.3 Å². The van der Waals surface area contributed by atoms with Crippen LogP contribution in [0.25, 0.3) is 21.5 Å². The van der Waals surface area contributed by atoms with E-state index in [0.29, 0.717) is 21.5 Å². The maximum absolute atomic E-state index is 13.5. The Balaban J connectivity index is 1.97. The van der Waals surface area contributed by atoms with E-state index in [1.165, 1.54) is 23.1 Å². The predicted octanol–water partition coefficient (Wildman–Crippen LogP) is 4.73. The molecule has 8 nitrogen and oxygen atoms in total. The van der Waals surface area contributed by atoms with Crippen molar-refractivity contribution >= 4 is 55.0 Å². The smallest absolute Gasteiger partial charge is 0.433 e. The molecule has 4 heterocycles. The van der Waals surface area contributed by atoms with Crippen LogP contribution in [0.2, 0.25) is 0 Å². The van der Waals surface area contributed by atoms with Gasteiger partial charge in [0.1, 0.15) is 21.2 Å². The number of halogens is 4. The van der Waals surface area contributed by atoms with Crippen LogP contribution in [-0.2, 0) is 13.2 Å². The number of rotatable bonds is 4. The Kier molecular flexibility index (Phi) is 5.33. The van der Waals surface area contributed by atoms with Gasteiger partial charge in [-0.25, -0.2) is 4.98 Å². The van der Waals surface area contributed by atoms with E-state index in [1.807, 2.05) is 0 Å². The number of thiophene rings is 1. The molecule has 2 amide bonds. The minimum Gasteiger partial charge on any atom is -0.464 e. The molecule has 4 aromatic rings. The number of pyridine rings is 1. The molecular formula is C19H13BrF3N5O3S. The van der Waals surface area contributed by atoms with Crippen molar-refractivity contribution in [1.82, 2.24) is 14.8 Å². The first kappa shape index (κ1) is 22.0. The largest absolute Gasteiger partial charge is 0.464 e. The number of aryl methyl sites for hydroxylation is 1. The molecule has 0 saturated carbocycles. The summed E-state index contributed by atoms with van der Waals surface area (Å²) in [5, 5.41) is 6.80. The van der Waals surface area contributed by atoms with Crippen LogP contribution in [0.5, 0.6) is 0 Å². The fourth-order valence-electron chi connectivity index (χ4n) is 3.06. The summed E-state index contributed by atoms with van der Waals surface area (Å²) < 4.78 is 47.6. The van der Waals surface area contributed by atoms with E-state index >= 15 is 0 Å². The van der Waals surface area contributed by atoms with E-state index in [4.69, 9.17) is 10.2 Å². The first-order valence-electron chi connectivity index (χ1n) is 8.88. The Labute approximate surface area is 190 Å². The van der Waals surface area contributed by atoms with Crippen molar-refractivity contribution in [3.63, 3.8) is 0 Å². The van der Waals surface area contributed by atoms with Crippen LogP contribution in [-0.4, -0.2) is 26.6 Å². The van der Waals surface area contributed by atoms with Crippen molar-refractivity contribution in [3.8, 4) is 11.3 Å². The summed E-state index contributed by atoms with van der Waals surface area (Å²) in [6.07, 6.45) is -3.45. The van der Waals surface area contributed by atoms with Gasteiger partial charge in [0.25, 0.3) is 11.8 Å². The molecule has 3 N–H and O–H groups in total. The van der Waals surface area contributed by atoms with Gasteiger partial charge >= 0.3 is 6.18 Å². The van der Waals surface area contributed by atoms with Crippen molar-refractivity contribution < 1.29 is 27.2 Å². The second-order valence-electron chi connectivity index (χ2n) is 6.71. The number of aromatic nitrogens is 3. The number of hydrogen-bond donors (Lipinski definition) is 2. The number of hydrogen-bond acceptors (Lipinski definition) is 6. The van der Waals surface area contributed by atoms with Gasteiger partial charge < -0.3 is 15.5 Å². The van der Waals surface area contributed by atoms with Crippen LogP contribution in [0.15, 0.2) is 33.4 Å². The number of amides is 2. The SMILES string of the molecule is Cc1c(Br)c(C(=O)Nc2c(C(N)=O)sc3nc(C(F)(F)F)cc(-c4ccco4)c23)nn1C. The summed E-state index contributed by atoms with van der Waals surface area (Å²) >= 11 is 3.94. The number of nitrogens with two attached hydrogens (primary N) is 1. The molecule has 4 rings (SSSR count). The highest BCUT2D eigenvalue weighted by Crippen LogP contribution is 2.44. The summed E-state index contributed by atoms with van der Waals surface area (Å²) in [5.74, 6) is -1.52. The molecule has 0 aromatic carbocycles. The zero-order valence-corrected chi connectivity index (χ0v) is 18.8. The lowest BCUT2D eigenvalue weighted by molar-refractivity contribution is -0.140. The van der Waals surface area contributed by atoms with Gasteiger partial charge in [0.05, 0.1) is 22.1 Å². The fraction of sp³-hybridized carbons (Fsp3) is 0.158. The third kappa shape index (κ3) is 3.66. The monoisotopic (exact) mass is 527 g/mol. The molecule has 0 unspecified atom stereocenters. The number of alkyl halides is 3. The van der Waals surface area contributed by atoms with Crippen molar-refractivity contribution in [3.05, 3.63) is 50.9 Å². The van der Waals surface area contributed by atoms with E-state index in [-0.39, 0.29) is 37.8 Å². The average molecular weight is 528 g/mol. The maximum Gasteiger partial charge on any atom is 0.433 e. The maximum atomic E-state index is 13.5. The summed E-state index contributed by atoms with van der Waals surface area (Å²) in [5.41, 5.74) is 4.93. The van der Waals surface area contributed by atoms with Crippen LogP contribution in [0, 0.1) is 6.92 Å². The Morgan fingerprint density at radius 2 is 2.06 bits per heavy atom. The second-order valence-corrected chi connectivity index (χ2v) is 8.50. The van der Waals surface area contributed by atoms with Crippen molar-refractivity contribution in [2.45, 2.75) is 13.1 Å². The third-order valence-electron chi connectivity index (χ3n) is 4.68. The van der Waals surface area contributed by atoms with E-state index < -0.39 is 23.7 Å². The number of carbonyl (C=O) groups excluding carboxylic acids is 2. The Morgan fingerprint density at radius 1 is 1.34 bits per heavy atom. The molecule has 32 heavy (non-hydrogen) atoms. The average Bonchev–Trinajstić information content (AvgIpc) is 3.42. The second kappa shape index (κ2) is 7.74. The van der Waals surface area contributed by atoms with Crippen molar-refractivity contribution in [1.29, 1.82) is 0 Å². The number of furan rings is 1. The lowest BCUT2D eigenvalue weighted by atomic mass is 10.1. The van der Waals surface area contributed by atoms with Crippen LogP contribution >= 0.6 is 27.3 Å². The summed E-state index contributed by atoms with van der Waals surface area (Å²) in [6.45, 7) is 1.74. The topological polar surface area (TPSA) is 116 Å². The van der Waals surface area contributed by atoms with Gasteiger partial charge in [-0.15, -0.1) is 11.3 Å². The number of nitrogens with one attached hydrogen (secondary N) is 1. The predicted molar refractivity (Wildman–Crippen MR) is 114 cm³/mol. The highest BCUT2D eigenvalue weighted by Gasteiger charge is 2.35. The van der Waals surface area contributed by atoms with E-state index in [1.54, 1.807) is 14.0 Å². The van der Waals surface area contributed by atoms with Crippen LogP contribution in [0.4, 0.5) is 18.9 Å². The summed E-state index contributed by atoms with van der Waals surface area (Å²) in [6, 6.07) is 3.76. The van der Waals surface area contributed by atoms with E-state index in [9.17, 15) is 22.8 Å². The molecule has 0 atom stereocenters. The lowest BCUT2D eigenvalue weighted by Crippen LogP contribution is -2.17. The van der Waals surface area contributed by atoms with E-state index in [0.717, 1.165) is 6.07 Å². The number of anilines is 1. The Bertz CT molecular complexity index is 1380. The van der Waals surface area contributed by atoms with Crippen LogP contribution in [0.1, 0.15) is 31.5 Å².